The molecule has 0 unspecified atom stereocenters. The molecule has 1 atom stereocenters. The number of carbonyl (C=O) groups is 3. The van der Waals surface area contributed by atoms with Crippen LogP contribution in [0.4, 0.5) is 9.18 Å². The first kappa shape index (κ1) is 21.1. The number of carbonyl (C=O) groups excluding carboxylic acids is 3. The Morgan fingerprint density at radius 2 is 1.88 bits per heavy atom. The molecule has 0 heterocycles. The van der Waals surface area contributed by atoms with Crippen LogP contribution in [-0.4, -0.2) is 36.7 Å². The molecule has 0 bridgehead atoms. The van der Waals surface area contributed by atoms with Crippen LogP contribution >= 0.6 is 0 Å². The fourth-order valence-electron chi connectivity index (χ4n) is 1.80. The van der Waals surface area contributed by atoms with E-state index in [1.54, 1.807) is 26.8 Å². The highest BCUT2D eigenvalue weighted by Gasteiger charge is 2.21. The van der Waals surface area contributed by atoms with Crippen LogP contribution in [0.25, 0.3) is 6.08 Å². The van der Waals surface area contributed by atoms with E-state index >= 15 is 0 Å². The lowest BCUT2D eigenvalue weighted by Crippen LogP contribution is -2.50. The van der Waals surface area contributed by atoms with E-state index in [-0.39, 0.29) is 5.75 Å². The number of methoxy groups -OCH3 is 1. The van der Waals surface area contributed by atoms with Crippen LogP contribution in [0.5, 0.6) is 5.75 Å². The zero-order valence-electron chi connectivity index (χ0n) is 15.4. The van der Waals surface area contributed by atoms with Gasteiger partial charge in [0.15, 0.2) is 17.7 Å². The van der Waals surface area contributed by atoms with E-state index in [2.05, 4.69) is 10.6 Å². The molecule has 1 aromatic carbocycles. The molecule has 0 saturated heterocycles. The Bertz CT molecular complexity index is 710. The fraction of sp³-hybridized carbons (Fsp3) is 0.389. The first-order chi connectivity index (χ1) is 12.0. The lowest BCUT2D eigenvalue weighted by Gasteiger charge is -2.21. The van der Waals surface area contributed by atoms with Crippen molar-refractivity contribution in [3.63, 3.8) is 0 Å². The molecule has 0 saturated carbocycles. The molecule has 142 valence electrons. The summed E-state index contributed by atoms with van der Waals surface area (Å²) in [5, 5.41) is 4.63. The minimum Gasteiger partial charge on any atom is -0.494 e. The minimum atomic E-state index is -1.18. The molecule has 8 heteroatoms. The van der Waals surface area contributed by atoms with Gasteiger partial charge in [0.05, 0.1) is 7.11 Å². The van der Waals surface area contributed by atoms with Gasteiger partial charge in [-0.25, -0.2) is 14.0 Å². The molecule has 26 heavy (non-hydrogen) atoms. The SMILES string of the molecule is COc1ccc(/C=C/C(=O)O[C@H](C)C(=O)NC(=O)NC(C)(C)C)cc1F. The molecule has 7 nitrogen and oxygen atoms in total. The summed E-state index contributed by atoms with van der Waals surface area (Å²) in [6.45, 7) is 6.60. The summed E-state index contributed by atoms with van der Waals surface area (Å²) in [6.07, 6.45) is 1.22. The fourth-order valence-corrected chi connectivity index (χ4v) is 1.80. The number of rotatable bonds is 5. The van der Waals surface area contributed by atoms with Gasteiger partial charge in [-0.3, -0.25) is 10.1 Å². The molecule has 3 amide bonds. The van der Waals surface area contributed by atoms with Crippen molar-refractivity contribution >= 4 is 24.0 Å². The predicted octanol–water partition coefficient (Wildman–Crippen LogP) is 2.40. The first-order valence-corrected chi connectivity index (χ1v) is 7.87. The lowest BCUT2D eigenvalue weighted by molar-refractivity contribution is -0.149. The van der Waals surface area contributed by atoms with Crippen LogP contribution in [0.3, 0.4) is 0 Å². The second-order valence-corrected chi connectivity index (χ2v) is 6.50. The van der Waals surface area contributed by atoms with Crippen molar-refractivity contribution in [2.24, 2.45) is 0 Å². The number of imide groups is 1. The Hall–Kier alpha value is -2.90. The topological polar surface area (TPSA) is 93.7 Å². The van der Waals surface area contributed by atoms with Gasteiger partial charge < -0.3 is 14.8 Å². The van der Waals surface area contributed by atoms with E-state index in [0.717, 1.165) is 6.08 Å². The Labute approximate surface area is 151 Å². The van der Waals surface area contributed by atoms with Crippen molar-refractivity contribution in [2.75, 3.05) is 7.11 Å². The van der Waals surface area contributed by atoms with Crippen LogP contribution in [-0.2, 0) is 14.3 Å². The number of urea groups is 1. The molecule has 0 spiro atoms. The summed E-state index contributed by atoms with van der Waals surface area (Å²) in [5.41, 5.74) is -0.0948. The molecule has 0 fully saturated rings. The molecule has 0 aliphatic carbocycles. The van der Waals surface area contributed by atoms with Crippen LogP contribution < -0.4 is 15.4 Å². The van der Waals surface area contributed by atoms with Crippen molar-refractivity contribution in [3.05, 3.63) is 35.7 Å². The van der Waals surface area contributed by atoms with Crippen molar-refractivity contribution in [1.29, 1.82) is 0 Å². The maximum Gasteiger partial charge on any atom is 0.331 e. The van der Waals surface area contributed by atoms with Crippen LogP contribution in [0, 0.1) is 5.82 Å². The summed E-state index contributed by atoms with van der Waals surface area (Å²) < 4.78 is 23.3. The number of hydrogen-bond acceptors (Lipinski definition) is 5. The number of nitrogens with one attached hydrogen (secondary N) is 2. The third kappa shape index (κ3) is 7.33. The molecule has 0 aliphatic rings. The standard InChI is InChI=1S/C18H23FN2O5/c1-11(16(23)20-17(24)21-18(2,3)4)26-15(22)9-7-12-6-8-14(25-5)13(19)10-12/h6-11H,1-5H3,(H2,20,21,23,24)/b9-7+/t11-/m1/s1. The van der Waals surface area contributed by atoms with E-state index in [1.165, 1.54) is 32.2 Å². The highest BCUT2D eigenvalue weighted by Crippen LogP contribution is 2.18. The molecule has 0 aliphatic heterocycles. The van der Waals surface area contributed by atoms with Gasteiger partial charge >= 0.3 is 12.0 Å². The Kier molecular flexibility index (Phi) is 7.30. The van der Waals surface area contributed by atoms with Crippen molar-refractivity contribution in [2.45, 2.75) is 39.3 Å². The van der Waals surface area contributed by atoms with Crippen LogP contribution in [0.1, 0.15) is 33.3 Å². The summed E-state index contributed by atoms with van der Waals surface area (Å²) in [7, 11) is 1.35. The van der Waals surface area contributed by atoms with Crippen molar-refractivity contribution < 1.29 is 28.2 Å². The highest BCUT2D eigenvalue weighted by molar-refractivity contribution is 5.98. The molecule has 1 rings (SSSR count). The van der Waals surface area contributed by atoms with Crippen LogP contribution in [0.2, 0.25) is 0 Å². The van der Waals surface area contributed by atoms with Gasteiger partial charge in [-0.2, -0.15) is 0 Å². The first-order valence-electron chi connectivity index (χ1n) is 7.87. The second-order valence-electron chi connectivity index (χ2n) is 6.50. The molecule has 0 radical (unpaired) electrons. The van der Waals surface area contributed by atoms with E-state index < -0.39 is 35.4 Å². The maximum atomic E-state index is 13.6. The van der Waals surface area contributed by atoms with Gasteiger partial charge in [0.2, 0.25) is 0 Å². The number of ether oxygens (including phenoxy) is 2. The van der Waals surface area contributed by atoms with E-state index in [4.69, 9.17) is 9.47 Å². The number of halogens is 1. The normalized spacial score (nSPS) is 12.4. The average Bonchev–Trinajstić information content (AvgIpc) is 2.51. The third-order valence-corrected chi connectivity index (χ3v) is 2.98. The maximum absolute atomic E-state index is 13.6. The largest absolute Gasteiger partial charge is 0.494 e. The van der Waals surface area contributed by atoms with E-state index in [0.29, 0.717) is 5.56 Å². The zero-order valence-corrected chi connectivity index (χ0v) is 15.4. The summed E-state index contributed by atoms with van der Waals surface area (Å²) >= 11 is 0. The van der Waals surface area contributed by atoms with Gasteiger partial charge in [-0.05, 0) is 51.5 Å². The smallest absolute Gasteiger partial charge is 0.331 e. The number of benzene rings is 1. The molecule has 1 aromatic rings. The number of hydrogen-bond donors (Lipinski definition) is 2. The summed E-state index contributed by atoms with van der Waals surface area (Å²) in [6, 6.07) is 3.48. The number of esters is 1. The number of amides is 3. The van der Waals surface area contributed by atoms with E-state index in [9.17, 15) is 18.8 Å². The molecular weight excluding hydrogens is 343 g/mol. The van der Waals surface area contributed by atoms with Crippen molar-refractivity contribution in [1.82, 2.24) is 10.6 Å². The van der Waals surface area contributed by atoms with Gasteiger partial charge in [-0.1, -0.05) is 6.07 Å². The molecular formula is C18H23FN2O5. The third-order valence-electron chi connectivity index (χ3n) is 2.98. The second kappa shape index (κ2) is 8.98. The highest BCUT2D eigenvalue weighted by atomic mass is 19.1. The Morgan fingerprint density at radius 3 is 2.42 bits per heavy atom. The lowest BCUT2D eigenvalue weighted by atomic mass is 10.1. The van der Waals surface area contributed by atoms with Gasteiger partial charge in [-0.15, -0.1) is 0 Å². The Morgan fingerprint density at radius 1 is 1.23 bits per heavy atom. The predicted molar refractivity (Wildman–Crippen MR) is 94.0 cm³/mol. The Balaban J connectivity index is 2.57. The van der Waals surface area contributed by atoms with E-state index in [1.807, 2.05) is 0 Å². The molecule has 0 aromatic heterocycles. The monoisotopic (exact) mass is 366 g/mol. The minimum absolute atomic E-state index is 0.0866. The molecule has 2 N–H and O–H groups in total. The van der Waals surface area contributed by atoms with Crippen molar-refractivity contribution in [3.8, 4) is 5.75 Å². The van der Waals surface area contributed by atoms with Gasteiger partial charge in [0, 0.05) is 11.6 Å². The zero-order chi connectivity index (χ0) is 19.9. The summed E-state index contributed by atoms with van der Waals surface area (Å²) in [5.74, 6) is -2.05. The van der Waals surface area contributed by atoms with Crippen LogP contribution in [0.15, 0.2) is 24.3 Å². The average molecular weight is 366 g/mol. The summed E-state index contributed by atoms with van der Waals surface area (Å²) in [4.78, 5) is 35.2. The van der Waals surface area contributed by atoms with Gasteiger partial charge in [0.1, 0.15) is 0 Å². The quantitative estimate of drug-likeness (QED) is 0.616. The van der Waals surface area contributed by atoms with Gasteiger partial charge in [0.25, 0.3) is 5.91 Å².